The lowest BCUT2D eigenvalue weighted by Crippen LogP contribution is -2.37. The highest BCUT2D eigenvalue weighted by Crippen LogP contribution is 2.15. The van der Waals surface area contributed by atoms with E-state index in [1.54, 1.807) is 30.9 Å². The molecule has 0 fully saturated rings. The maximum atomic E-state index is 11.0. The predicted octanol–water partition coefficient (Wildman–Crippen LogP) is 2.24. The lowest BCUT2D eigenvalue weighted by atomic mass is 10.1. The summed E-state index contributed by atoms with van der Waals surface area (Å²) >= 11 is 1.80. The molecule has 2 aromatic rings. The minimum Gasteiger partial charge on any atom is -0.366 e. The maximum Gasteiger partial charge on any atom is 0.248 e. The van der Waals surface area contributed by atoms with Gasteiger partial charge in [0, 0.05) is 36.3 Å². The Balaban J connectivity index is 1.71. The van der Waals surface area contributed by atoms with Crippen LogP contribution in [-0.2, 0) is 6.54 Å². The molecule has 5 nitrogen and oxygen atoms in total. The van der Waals surface area contributed by atoms with Crippen LogP contribution in [0.15, 0.2) is 64.5 Å². The molecule has 0 saturated heterocycles. The number of nitrogens with one attached hydrogen (secondary N) is 2. The molecule has 1 amide bonds. The molecule has 0 aliphatic rings. The van der Waals surface area contributed by atoms with Gasteiger partial charge in [-0.05, 0) is 29.8 Å². The number of primary amides is 1. The van der Waals surface area contributed by atoms with Crippen molar-refractivity contribution in [1.82, 2.24) is 10.6 Å². The molecule has 0 aliphatic heterocycles. The Labute approximate surface area is 146 Å². The second kappa shape index (κ2) is 9.62. The van der Waals surface area contributed by atoms with Gasteiger partial charge in [-0.15, -0.1) is 11.8 Å². The summed E-state index contributed by atoms with van der Waals surface area (Å²) in [6, 6.07) is 17.5. The third-order valence-electron chi connectivity index (χ3n) is 3.33. The van der Waals surface area contributed by atoms with Gasteiger partial charge in [0.15, 0.2) is 5.96 Å². The molecule has 0 bridgehead atoms. The number of rotatable bonds is 7. The minimum absolute atomic E-state index is 0.414. The fraction of sp³-hybridized carbons (Fsp3) is 0.222. The van der Waals surface area contributed by atoms with Crippen molar-refractivity contribution in [3.63, 3.8) is 0 Å². The van der Waals surface area contributed by atoms with E-state index in [0.717, 1.165) is 23.8 Å². The number of hydrogen-bond donors (Lipinski definition) is 3. The third kappa shape index (κ3) is 5.96. The monoisotopic (exact) mass is 342 g/mol. The van der Waals surface area contributed by atoms with Crippen LogP contribution >= 0.6 is 11.8 Å². The van der Waals surface area contributed by atoms with E-state index in [2.05, 4.69) is 27.8 Å². The second-order valence-electron chi connectivity index (χ2n) is 5.08. The highest BCUT2D eigenvalue weighted by atomic mass is 32.2. The number of guanidine groups is 1. The van der Waals surface area contributed by atoms with E-state index < -0.39 is 5.91 Å². The number of hydrogen-bond acceptors (Lipinski definition) is 3. The van der Waals surface area contributed by atoms with Crippen molar-refractivity contribution in [1.29, 1.82) is 0 Å². The quantitative estimate of drug-likeness (QED) is 0.312. The molecule has 0 atom stereocenters. The Kier molecular flexibility index (Phi) is 7.17. The van der Waals surface area contributed by atoms with Crippen LogP contribution in [0, 0.1) is 0 Å². The van der Waals surface area contributed by atoms with Gasteiger partial charge in [-0.2, -0.15) is 0 Å². The summed E-state index contributed by atoms with van der Waals surface area (Å²) in [7, 11) is 1.75. The van der Waals surface area contributed by atoms with Crippen molar-refractivity contribution >= 4 is 23.6 Å². The largest absolute Gasteiger partial charge is 0.366 e. The van der Waals surface area contributed by atoms with E-state index in [9.17, 15) is 4.79 Å². The normalized spacial score (nSPS) is 11.1. The van der Waals surface area contributed by atoms with E-state index in [1.807, 2.05) is 30.3 Å². The van der Waals surface area contributed by atoms with Crippen molar-refractivity contribution in [3.05, 3.63) is 65.7 Å². The zero-order valence-electron chi connectivity index (χ0n) is 13.7. The van der Waals surface area contributed by atoms with Crippen molar-refractivity contribution in [3.8, 4) is 0 Å². The topological polar surface area (TPSA) is 79.5 Å². The number of carbonyl (C=O) groups excluding carboxylic acids is 1. The summed E-state index contributed by atoms with van der Waals surface area (Å²) in [6.45, 7) is 1.45. The molecule has 0 aromatic heterocycles. The molecule has 0 unspecified atom stereocenters. The summed E-state index contributed by atoms with van der Waals surface area (Å²) in [5.74, 6) is 1.29. The highest BCUT2D eigenvalue weighted by molar-refractivity contribution is 7.99. The molecule has 0 heterocycles. The molecule has 0 radical (unpaired) electrons. The molecule has 0 saturated carbocycles. The Morgan fingerprint density at radius 3 is 2.42 bits per heavy atom. The van der Waals surface area contributed by atoms with Crippen LogP contribution in [0.5, 0.6) is 0 Å². The van der Waals surface area contributed by atoms with Gasteiger partial charge in [-0.1, -0.05) is 30.3 Å². The van der Waals surface area contributed by atoms with Crippen LogP contribution in [0.1, 0.15) is 15.9 Å². The second-order valence-corrected chi connectivity index (χ2v) is 6.24. The Morgan fingerprint density at radius 2 is 1.79 bits per heavy atom. The number of benzene rings is 2. The van der Waals surface area contributed by atoms with E-state index in [0.29, 0.717) is 12.1 Å². The highest BCUT2D eigenvalue weighted by Gasteiger charge is 2.01. The molecule has 2 aromatic carbocycles. The van der Waals surface area contributed by atoms with Gasteiger partial charge < -0.3 is 16.4 Å². The number of thioether (sulfide) groups is 1. The summed E-state index contributed by atoms with van der Waals surface area (Å²) in [5.41, 5.74) is 6.80. The van der Waals surface area contributed by atoms with Crippen LogP contribution in [0.3, 0.4) is 0 Å². The zero-order chi connectivity index (χ0) is 17.2. The van der Waals surface area contributed by atoms with Crippen molar-refractivity contribution in [2.24, 2.45) is 10.7 Å². The number of carbonyl (C=O) groups is 1. The van der Waals surface area contributed by atoms with Gasteiger partial charge in [0.25, 0.3) is 0 Å². The fourth-order valence-corrected chi connectivity index (χ4v) is 2.84. The van der Waals surface area contributed by atoms with E-state index in [-0.39, 0.29) is 0 Å². The Bertz CT molecular complexity index is 671. The van der Waals surface area contributed by atoms with Crippen LogP contribution in [0.2, 0.25) is 0 Å². The first-order valence-electron chi connectivity index (χ1n) is 7.70. The number of aliphatic imine (C=N–C) groups is 1. The average Bonchev–Trinajstić information content (AvgIpc) is 2.62. The first-order chi connectivity index (χ1) is 11.7. The van der Waals surface area contributed by atoms with Crippen LogP contribution in [0.4, 0.5) is 0 Å². The summed E-state index contributed by atoms with van der Waals surface area (Å²) in [6.07, 6.45) is 0. The van der Waals surface area contributed by atoms with E-state index >= 15 is 0 Å². The number of nitrogens with two attached hydrogens (primary N) is 1. The predicted molar refractivity (Wildman–Crippen MR) is 100 cm³/mol. The van der Waals surface area contributed by atoms with Gasteiger partial charge in [-0.3, -0.25) is 9.79 Å². The Morgan fingerprint density at radius 1 is 1.08 bits per heavy atom. The maximum absolute atomic E-state index is 11.0. The first kappa shape index (κ1) is 17.9. The smallest absolute Gasteiger partial charge is 0.248 e. The average molecular weight is 342 g/mol. The first-order valence-corrected chi connectivity index (χ1v) is 8.68. The van der Waals surface area contributed by atoms with Gasteiger partial charge in [0.1, 0.15) is 0 Å². The molecule has 24 heavy (non-hydrogen) atoms. The lowest BCUT2D eigenvalue weighted by molar-refractivity contribution is 0.100. The summed E-state index contributed by atoms with van der Waals surface area (Å²) in [4.78, 5) is 16.5. The minimum atomic E-state index is -0.414. The molecular weight excluding hydrogens is 320 g/mol. The standard InChI is InChI=1S/C18H22N4OS/c1-20-18(21-11-12-24-16-5-3-2-4-6-16)22-13-14-7-9-15(10-8-14)17(19)23/h2-10H,11-13H2,1H3,(H2,19,23)(H2,20,21,22). The fourth-order valence-electron chi connectivity index (χ4n) is 2.05. The molecule has 6 heteroatoms. The summed E-state index contributed by atoms with van der Waals surface area (Å²) in [5, 5.41) is 6.53. The van der Waals surface area contributed by atoms with E-state index in [4.69, 9.17) is 5.73 Å². The molecule has 2 rings (SSSR count). The van der Waals surface area contributed by atoms with Gasteiger partial charge in [0.2, 0.25) is 5.91 Å². The van der Waals surface area contributed by atoms with Crippen LogP contribution in [0.25, 0.3) is 0 Å². The number of amides is 1. The van der Waals surface area contributed by atoms with Gasteiger partial charge >= 0.3 is 0 Å². The molecule has 0 aliphatic carbocycles. The van der Waals surface area contributed by atoms with Crippen molar-refractivity contribution in [2.45, 2.75) is 11.4 Å². The van der Waals surface area contributed by atoms with Gasteiger partial charge in [0.05, 0.1) is 0 Å². The van der Waals surface area contributed by atoms with Crippen molar-refractivity contribution < 1.29 is 4.79 Å². The molecule has 126 valence electrons. The summed E-state index contributed by atoms with van der Waals surface area (Å²) < 4.78 is 0. The van der Waals surface area contributed by atoms with Crippen molar-refractivity contribution in [2.75, 3.05) is 19.3 Å². The van der Waals surface area contributed by atoms with Crippen LogP contribution < -0.4 is 16.4 Å². The third-order valence-corrected chi connectivity index (χ3v) is 4.34. The zero-order valence-corrected chi connectivity index (χ0v) is 14.5. The molecule has 4 N–H and O–H groups in total. The molecule has 0 spiro atoms. The Hall–Kier alpha value is -2.47. The number of nitrogens with zero attached hydrogens (tertiary/aromatic N) is 1. The van der Waals surface area contributed by atoms with Crippen LogP contribution in [-0.4, -0.2) is 31.2 Å². The van der Waals surface area contributed by atoms with E-state index in [1.165, 1.54) is 4.90 Å². The molecular formula is C18H22N4OS. The lowest BCUT2D eigenvalue weighted by Gasteiger charge is -2.12. The van der Waals surface area contributed by atoms with Gasteiger partial charge in [-0.25, -0.2) is 0 Å². The SMILES string of the molecule is CN=C(NCCSc1ccccc1)NCc1ccc(C(N)=O)cc1.